The summed E-state index contributed by atoms with van der Waals surface area (Å²) in [6.07, 6.45) is -3.06. The number of halogens is 3. The van der Waals surface area contributed by atoms with Crippen LogP contribution in [0.5, 0.6) is 0 Å². The molecule has 1 aromatic heterocycles. The molecular weight excluding hydrogens is 459 g/mol. The summed E-state index contributed by atoms with van der Waals surface area (Å²) in [5.41, 5.74) is -0.968. The Labute approximate surface area is 189 Å². The van der Waals surface area contributed by atoms with E-state index < -0.39 is 27.7 Å². The minimum atomic E-state index is -4.60. The van der Waals surface area contributed by atoms with Gasteiger partial charge in [-0.25, -0.2) is 8.42 Å². The Balaban J connectivity index is 1.68. The van der Waals surface area contributed by atoms with E-state index in [0.29, 0.717) is 11.8 Å². The lowest BCUT2D eigenvalue weighted by Gasteiger charge is -2.22. The van der Waals surface area contributed by atoms with Gasteiger partial charge in [-0.3, -0.25) is 14.4 Å². The molecule has 0 saturated carbocycles. The fourth-order valence-corrected chi connectivity index (χ4v) is 4.12. The molecule has 2 N–H and O–H groups in total. The molecular formula is C22H22F3N3O4S. The molecule has 0 fully saturated rings. The number of hydrogen-bond acceptors (Lipinski definition) is 5. The van der Waals surface area contributed by atoms with Crippen molar-refractivity contribution in [3.05, 3.63) is 83.8 Å². The summed E-state index contributed by atoms with van der Waals surface area (Å²) in [4.78, 5) is 14.2. The number of nitrogens with one attached hydrogen (secondary N) is 2. The highest BCUT2D eigenvalue weighted by Crippen LogP contribution is 2.31. The quantitative estimate of drug-likeness (QED) is 0.505. The summed E-state index contributed by atoms with van der Waals surface area (Å²) >= 11 is 0. The number of hydrogen-bond donors (Lipinski definition) is 2. The number of amides is 1. The predicted molar refractivity (Wildman–Crippen MR) is 116 cm³/mol. The standard InChI is InChI=1S/C22H22F3N3O4S/c1-28(2)19(20-7-4-12-32-20)14-26-21(29)15-8-10-18(11-9-15)33(30,31)27-17-6-3-5-16(13-17)22(23,24)25/h3-13,19,27H,14H2,1-2H3,(H,26,29)/t19-/m0/s1. The zero-order valence-electron chi connectivity index (χ0n) is 17.8. The lowest BCUT2D eigenvalue weighted by atomic mass is 10.2. The predicted octanol–water partition coefficient (Wildman–Crippen LogP) is 4.13. The van der Waals surface area contributed by atoms with Crippen molar-refractivity contribution in [2.75, 3.05) is 25.4 Å². The highest BCUT2D eigenvalue weighted by Gasteiger charge is 2.30. The van der Waals surface area contributed by atoms with E-state index in [9.17, 15) is 26.4 Å². The molecule has 3 rings (SSSR count). The van der Waals surface area contributed by atoms with Crippen molar-refractivity contribution in [3.63, 3.8) is 0 Å². The topological polar surface area (TPSA) is 91.7 Å². The van der Waals surface area contributed by atoms with Crippen LogP contribution in [0.1, 0.15) is 27.7 Å². The molecule has 1 heterocycles. The molecule has 2 aromatic carbocycles. The third kappa shape index (κ3) is 6.14. The number of sulfonamides is 1. The molecule has 0 aliphatic carbocycles. The van der Waals surface area contributed by atoms with Crippen LogP contribution in [0, 0.1) is 0 Å². The molecule has 11 heteroatoms. The monoisotopic (exact) mass is 481 g/mol. The van der Waals surface area contributed by atoms with Crippen molar-refractivity contribution in [1.82, 2.24) is 10.2 Å². The van der Waals surface area contributed by atoms with Gasteiger partial charge in [0.1, 0.15) is 5.76 Å². The smallest absolute Gasteiger partial charge is 0.416 e. The van der Waals surface area contributed by atoms with Gasteiger partial charge in [-0.05, 0) is 68.7 Å². The minimum Gasteiger partial charge on any atom is -0.468 e. The number of rotatable bonds is 8. The van der Waals surface area contributed by atoms with Gasteiger partial charge in [0.25, 0.3) is 15.9 Å². The van der Waals surface area contributed by atoms with Crippen molar-refractivity contribution in [3.8, 4) is 0 Å². The zero-order chi connectivity index (χ0) is 24.2. The number of nitrogens with zero attached hydrogens (tertiary/aromatic N) is 1. The second-order valence-electron chi connectivity index (χ2n) is 7.41. The second kappa shape index (κ2) is 9.67. The average Bonchev–Trinajstić information content (AvgIpc) is 3.27. The van der Waals surface area contributed by atoms with Crippen LogP contribution in [0.15, 0.2) is 76.2 Å². The van der Waals surface area contributed by atoms with Crippen molar-refractivity contribution in [2.45, 2.75) is 17.1 Å². The Bertz CT molecular complexity index is 1190. The molecule has 0 saturated heterocycles. The van der Waals surface area contributed by atoms with E-state index in [0.717, 1.165) is 12.1 Å². The van der Waals surface area contributed by atoms with Gasteiger partial charge in [0.2, 0.25) is 0 Å². The minimum absolute atomic E-state index is 0.194. The summed E-state index contributed by atoms with van der Waals surface area (Å²) in [6, 6.07) is 12.3. The SMILES string of the molecule is CN(C)[C@@H](CNC(=O)c1ccc(S(=O)(=O)Nc2cccc(C(F)(F)F)c2)cc1)c1ccco1. The van der Waals surface area contributed by atoms with E-state index in [4.69, 9.17) is 4.42 Å². The number of furan rings is 1. The molecule has 0 bridgehead atoms. The molecule has 33 heavy (non-hydrogen) atoms. The Morgan fingerprint density at radius 1 is 1.06 bits per heavy atom. The summed E-state index contributed by atoms with van der Waals surface area (Å²) < 4.78 is 71.2. The van der Waals surface area contributed by atoms with Gasteiger partial charge in [-0.2, -0.15) is 13.2 Å². The first-order valence-electron chi connectivity index (χ1n) is 9.75. The second-order valence-corrected chi connectivity index (χ2v) is 9.10. The van der Waals surface area contributed by atoms with E-state index in [-0.39, 0.29) is 28.7 Å². The fraction of sp³-hybridized carbons (Fsp3) is 0.227. The third-order valence-electron chi connectivity index (χ3n) is 4.82. The third-order valence-corrected chi connectivity index (χ3v) is 6.22. The molecule has 176 valence electrons. The molecule has 0 aliphatic rings. The first-order chi connectivity index (χ1) is 15.5. The fourth-order valence-electron chi connectivity index (χ4n) is 3.07. The van der Waals surface area contributed by atoms with E-state index in [1.807, 2.05) is 19.0 Å². The maximum atomic E-state index is 12.9. The summed E-state index contributed by atoms with van der Waals surface area (Å²) in [5.74, 6) is 0.269. The molecule has 1 atom stereocenters. The van der Waals surface area contributed by atoms with E-state index in [2.05, 4.69) is 10.0 Å². The Morgan fingerprint density at radius 2 is 1.76 bits per heavy atom. The number of carbonyl (C=O) groups excluding carboxylic acids is 1. The maximum Gasteiger partial charge on any atom is 0.416 e. The number of anilines is 1. The van der Waals surface area contributed by atoms with Crippen molar-refractivity contribution in [1.29, 1.82) is 0 Å². The molecule has 7 nitrogen and oxygen atoms in total. The van der Waals surface area contributed by atoms with E-state index >= 15 is 0 Å². The molecule has 3 aromatic rings. The molecule has 0 radical (unpaired) electrons. The first kappa shape index (κ1) is 24.3. The zero-order valence-corrected chi connectivity index (χ0v) is 18.6. The van der Waals surface area contributed by atoms with Crippen LogP contribution in [0.4, 0.5) is 18.9 Å². The Kier molecular flexibility index (Phi) is 7.13. The lowest BCUT2D eigenvalue weighted by Crippen LogP contribution is -2.34. The van der Waals surface area contributed by atoms with Crippen molar-refractivity contribution < 1.29 is 30.8 Å². The molecule has 0 aliphatic heterocycles. The van der Waals surface area contributed by atoms with Crippen LogP contribution in [0.2, 0.25) is 0 Å². The van der Waals surface area contributed by atoms with Crippen molar-refractivity contribution in [2.24, 2.45) is 0 Å². The average molecular weight is 481 g/mol. The van der Waals surface area contributed by atoms with Crippen LogP contribution in [0.25, 0.3) is 0 Å². The van der Waals surface area contributed by atoms with Gasteiger partial charge in [0.05, 0.1) is 22.8 Å². The molecule has 1 amide bonds. The van der Waals surface area contributed by atoms with Gasteiger partial charge in [0, 0.05) is 17.8 Å². The summed E-state index contributed by atoms with van der Waals surface area (Å²) in [6.45, 7) is 0.260. The van der Waals surface area contributed by atoms with Gasteiger partial charge < -0.3 is 9.73 Å². The van der Waals surface area contributed by atoms with Crippen LogP contribution in [-0.2, 0) is 16.2 Å². The van der Waals surface area contributed by atoms with Crippen LogP contribution >= 0.6 is 0 Å². The number of alkyl halides is 3. The Hall–Kier alpha value is -3.31. The van der Waals surface area contributed by atoms with E-state index in [1.165, 1.54) is 30.3 Å². The molecule has 0 unspecified atom stereocenters. The number of likely N-dealkylation sites (N-methyl/N-ethyl adjacent to an activating group) is 1. The van der Waals surface area contributed by atoms with E-state index in [1.54, 1.807) is 18.4 Å². The highest BCUT2D eigenvalue weighted by atomic mass is 32.2. The summed E-state index contributed by atoms with van der Waals surface area (Å²) in [7, 11) is -0.465. The van der Waals surface area contributed by atoms with Crippen LogP contribution in [-0.4, -0.2) is 39.9 Å². The van der Waals surface area contributed by atoms with Crippen LogP contribution < -0.4 is 10.0 Å². The number of benzene rings is 2. The normalized spacial score (nSPS) is 13.0. The Morgan fingerprint density at radius 3 is 2.33 bits per heavy atom. The first-order valence-corrected chi connectivity index (χ1v) is 11.2. The van der Waals surface area contributed by atoms with Crippen LogP contribution in [0.3, 0.4) is 0 Å². The molecule has 0 spiro atoms. The van der Waals surface area contributed by atoms with Crippen molar-refractivity contribution >= 4 is 21.6 Å². The van der Waals surface area contributed by atoms with Gasteiger partial charge in [-0.15, -0.1) is 0 Å². The summed E-state index contributed by atoms with van der Waals surface area (Å²) in [5, 5.41) is 2.77. The number of carbonyl (C=O) groups is 1. The lowest BCUT2D eigenvalue weighted by molar-refractivity contribution is -0.137. The largest absolute Gasteiger partial charge is 0.468 e. The van der Waals surface area contributed by atoms with Gasteiger partial charge >= 0.3 is 6.18 Å². The maximum absolute atomic E-state index is 12.9. The highest BCUT2D eigenvalue weighted by molar-refractivity contribution is 7.92. The van der Waals surface area contributed by atoms with Gasteiger partial charge in [0.15, 0.2) is 0 Å². The van der Waals surface area contributed by atoms with Gasteiger partial charge in [-0.1, -0.05) is 6.07 Å².